The van der Waals surface area contributed by atoms with Crippen LogP contribution in [0.15, 0.2) is 162 Å². The molecule has 0 bridgehead atoms. The van der Waals surface area contributed by atoms with Crippen molar-refractivity contribution in [2.45, 2.75) is 50.9 Å². The summed E-state index contributed by atoms with van der Waals surface area (Å²) in [6, 6.07) is 46.4. The largest absolute Gasteiger partial charge is 0.317 e. The Morgan fingerprint density at radius 2 is 1.32 bits per heavy atom. The van der Waals surface area contributed by atoms with Gasteiger partial charge in [-0.2, -0.15) is 0 Å². The highest BCUT2D eigenvalue weighted by Crippen LogP contribution is 2.45. The van der Waals surface area contributed by atoms with Gasteiger partial charge in [-0.25, -0.2) is 4.99 Å². The number of allylic oxidation sites excluding steroid dienone is 5. The summed E-state index contributed by atoms with van der Waals surface area (Å²) in [5, 5.41) is 9.04. The topological polar surface area (TPSA) is 50.9 Å². The van der Waals surface area contributed by atoms with Gasteiger partial charge in [0.1, 0.15) is 5.84 Å². The van der Waals surface area contributed by atoms with E-state index < -0.39 is 0 Å². The van der Waals surface area contributed by atoms with Crippen LogP contribution in [0.3, 0.4) is 0 Å². The van der Waals surface area contributed by atoms with Crippen molar-refractivity contribution in [3.8, 4) is 11.4 Å². The molecule has 3 N–H and O–H groups in total. The van der Waals surface area contributed by atoms with E-state index in [0.29, 0.717) is 0 Å². The van der Waals surface area contributed by atoms with E-state index in [1.165, 1.54) is 83.5 Å². The van der Waals surface area contributed by atoms with Crippen molar-refractivity contribution in [3.63, 3.8) is 0 Å². The molecule has 7 aromatic rings. The Balaban J connectivity index is 1.17. The molecule has 0 fully saturated rings. The predicted molar refractivity (Wildman–Crippen MR) is 231 cm³/mol. The van der Waals surface area contributed by atoms with Gasteiger partial charge >= 0.3 is 0 Å². The van der Waals surface area contributed by atoms with Crippen LogP contribution < -0.4 is 10.6 Å². The lowest BCUT2D eigenvalue weighted by atomic mass is 9.84. The quantitative estimate of drug-likeness (QED) is 0.176. The first-order chi connectivity index (χ1) is 27.8. The number of rotatable bonds is 6. The number of nitrogens with one attached hydrogen (secondary N) is 1. The van der Waals surface area contributed by atoms with Gasteiger partial charge in [0.25, 0.3) is 0 Å². The zero-order chi connectivity index (χ0) is 37.0. The third-order valence-corrected chi connectivity index (χ3v) is 12.2. The second-order valence-corrected chi connectivity index (χ2v) is 15.4. The van der Waals surface area contributed by atoms with Crippen LogP contribution in [0.4, 0.5) is 0 Å². The zero-order valence-electron chi connectivity index (χ0n) is 31.4. The second-order valence-electron chi connectivity index (χ2n) is 15.4. The summed E-state index contributed by atoms with van der Waals surface area (Å²) in [6.07, 6.45) is 19.9. The first-order valence-electron chi connectivity index (χ1n) is 20.2. The highest BCUT2D eigenvalue weighted by molar-refractivity contribution is 6.16. The molecule has 2 atom stereocenters. The van der Waals surface area contributed by atoms with Crippen LogP contribution >= 0.6 is 0 Å². The van der Waals surface area contributed by atoms with Gasteiger partial charge < -0.3 is 14.5 Å². The first-order valence-corrected chi connectivity index (χ1v) is 20.2. The average molecular weight is 727 g/mol. The van der Waals surface area contributed by atoms with Gasteiger partial charge in [0.2, 0.25) is 6.17 Å². The van der Waals surface area contributed by atoms with Gasteiger partial charge in [-0.15, -0.1) is 0 Å². The van der Waals surface area contributed by atoms with Crippen LogP contribution in [0, 0.1) is 0 Å². The molecule has 0 spiro atoms. The predicted octanol–water partition coefficient (Wildman–Crippen LogP) is 10.6. The molecule has 0 radical (unpaired) electrons. The maximum Gasteiger partial charge on any atom is 0.209 e. The molecule has 5 nitrogen and oxygen atoms in total. The minimum atomic E-state index is -0.0672. The fraction of sp³-hybridized carbons (Fsp3) is 0.157. The maximum absolute atomic E-state index is 5.38. The molecule has 3 heterocycles. The molecule has 2 aromatic heterocycles. The lowest BCUT2D eigenvalue weighted by Crippen LogP contribution is -2.91. The van der Waals surface area contributed by atoms with Crippen LogP contribution in [0.5, 0.6) is 0 Å². The second kappa shape index (κ2) is 13.7. The Morgan fingerprint density at radius 1 is 0.607 bits per heavy atom. The summed E-state index contributed by atoms with van der Waals surface area (Å²) in [4.78, 5) is 5.38. The summed E-state index contributed by atoms with van der Waals surface area (Å²) in [6.45, 7) is 0. The lowest BCUT2D eigenvalue weighted by molar-refractivity contribution is -0.739. The summed E-state index contributed by atoms with van der Waals surface area (Å²) < 4.78 is 5.03. The van der Waals surface area contributed by atoms with Crippen molar-refractivity contribution in [2.24, 2.45) is 4.99 Å². The van der Waals surface area contributed by atoms with Crippen molar-refractivity contribution in [3.05, 3.63) is 196 Å². The van der Waals surface area contributed by atoms with Gasteiger partial charge in [0.15, 0.2) is 6.17 Å². The van der Waals surface area contributed by atoms with Gasteiger partial charge in [-0.1, -0.05) is 115 Å². The number of quaternary nitrogens is 1. The molecule has 1 aliphatic heterocycles. The summed E-state index contributed by atoms with van der Waals surface area (Å²) in [5.74, 6) is 1.01. The van der Waals surface area contributed by atoms with Crippen molar-refractivity contribution in [1.29, 1.82) is 0 Å². The van der Waals surface area contributed by atoms with Crippen LogP contribution in [-0.2, 0) is 12.8 Å². The number of aromatic nitrogens is 2. The normalized spacial score (nSPS) is 18.9. The van der Waals surface area contributed by atoms with Gasteiger partial charge in [0, 0.05) is 55.8 Å². The van der Waals surface area contributed by atoms with Crippen LogP contribution in [0.25, 0.3) is 50.9 Å². The van der Waals surface area contributed by atoms with E-state index in [2.05, 4.69) is 184 Å². The molecule has 272 valence electrons. The number of aliphatic imine (C=N–C) groups is 1. The molecule has 0 amide bonds. The van der Waals surface area contributed by atoms with E-state index in [9.17, 15) is 0 Å². The Kier molecular flexibility index (Phi) is 8.06. The fourth-order valence-corrected chi connectivity index (χ4v) is 9.69. The third-order valence-electron chi connectivity index (χ3n) is 12.2. The molecular formula is C51H44N5+. The average Bonchev–Trinajstić information content (AvgIpc) is 3.80. The SMILES string of the molecule is C1=CCCC(C2=NC(c3ccccc3)[NH2+]C(c3ccc4c(c3C3=Cc5c6c(n(-c7ccccc7)c5CC3)CCC=C6)c3ccccc3n4-c3ccccc3)N2)=C1. The van der Waals surface area contributed by atoms with Crippen molar-refractivity contribution >= 4 is 45.4 Å². The molecule has 2 unspecified atom stereocenters. The monoisotopic (exact) mass is 726 g/mol. The molecule has 5 heteroatoms. The molecule has 11 rings (SSSR count). The number of nitrogens with zero attached hydrogens (tertiary/aromatic N) is 3. The molecule has 5 aromatic carbocycles. The van der Waals surface area contributed by atoms with E-state index in [1.54, 1.807) is 0 Å². The van der Waals surface area contributed by atoms with Crippen LogP contribution in [0.2, 0.25) is 0 Å². The molecule has 0 saturated carbocycles. The van der Waals surface area contributed by atoms with E-state index >= 15 is 0 Å². The maximum atomic E-state index is 5.38. The number of benzene rings is 5. The van der Waals surface area contributed by atoms with Gasteiger partial charge in [0.05, 0.1) is 11.0 Å². The molecular weight excluding hydrogens is 683 g/mol. The zero-order valence-corrected chi connectivity index (χ0v) is 31.4. The Bertz CT molecular complexity index is 2790. The van der Waals surface area contributed by atoms with Crippen molar-refractivity contribution < 1.29 is 5.32 Å². The van der Waals surface area contributed by atoms with Gasteiger partial charge in [-0.3, -0.25) is 5.32 Å². The number of nitrogens with two attached hydrogens (primary N) is 1. The van der Waals surface area contributed by atoms with E-state index in [-0.39, 0.29) is 12.3 Å². The molecule has 3 aliphatic carbocycles. The minimum Gasteiger partial charge on any atom is -0.317 e. The lowest BCUT2D eigenvalue weighted by Gasteiger charge is -2.32. The smallest absolute Gasteiger partial charge is 0.209 e. The molecule has 4 aliphatic rings. The summed E-state index contributed by atoms with van der Waals surface area (Å²) >= 11 is 0. The number of amidine groups is 1. The Morgan fingerprint density at radius 3 is 2.11 bits per heavy atom. The molecule has 56 heavy (non-hydrogen) atoms. The fourth-order valence-electron chi connectivity index (χ4n) is 9.69. The number of hydrogen-bond donors (Lipinski definition) is 2. The number of hydrogen-bond acceptors (Lipinski definition) is 2. The number of fused-ring (bicyclic) bond motifs is 6. The highest BCUT2D eigenvalue weighted by Gasteiger charge is 2.35. The third kappa shape index (κ3) is 5.45. The van der Waals surface area contributed by atoms with Crippen LogP contribution in [-0.4, -0.2) is 15.0 Å². The standard InChI is InChI=1S/C51H43N5/c1-5-17-34(18-6-1)49-52-50(35-19-7-2-8-20-35)54-51(53-49)41-30-32-46-48(40-26-14-16-28-44(40)56(46)38-23-11-4-12-24-38)47(41)36-29-31-45-42(33-36)39-25-13-15-27-43(39)55(45)37-21-9-3-10-22-37/h1-7,9-14,16-19,21-26,28,30,32-33,49,51,53H,8,15,20,27,29,31H2,(H,52,54)/p+1. The highest BCUT2D eigenvalue weighted by atomic mass is 15.3. The Labute approximate surface area is 327 Å². The van der Waals surface area contributed by atoms with E-state index in [4.69, 9.17) is 4.99 Å². The molecule has 0 saturated heterocycles. The van der Waals surface area contributed by atoms with Crippen molar-refractivity contribution in [2.75, 3.05) is 0 Å². The minimum absolute atomic E-state index is 0.0530. The summed E-state index contributed by atoms with van der Waals surface area (Å²) in [7, 11) is 0. The Hall–Kier alpha value is -6.43. The van der Waals surface area contributed by atoms with Crippen LogP contribution in [0.1, 0.15) is 77.2 Å². The first kappa shape index (κ1) is 33.0. The van der Waals surface area contributed by atoms with E-state index in [0.717, 1.165) is 44.4 Å². The van der Waals surface area contributed by atoms with Crippen molar-refractivity contribution in [1.82, 2.24) is 14.5 Å². The van der Waals surface area contributed by atoms with Gasteiger partial charge in [-0.05, 0) is 104 Å². The van der Waals surface area contributed by atoms with E-state index in [1.807, 2.05) is 0 Å². The number of para-hydroxylation sites is 3. The summed E-state index contributed by atoms with van der Waals surface area (Å²) in [5.41, 5.74) is 17.1.